The molecule has 3 N–H and O–H groups in total. The molecule has 0 aromatic heterocycles. The quantitative estimate of drug-likeness (QED) is 0.856. The molecule has 3 atom stereocenters. The fourth-order valence-electron chi connectivity index (χ4n) is 2.65. The van der Waals surface area contributed by atoms with Gasteiger partial charge in [0.1, 0.15) is 5.75 Å². The lowest BCUT2D eigenvalue weighted by molar-refractivity contribution is -0.138. The van der Waals surface area contributed by atoms with Gasteiger partial charge in [-0.05, 0) is 43.4 Å². The van der Waals surface area contributed by atoms with Gasteiger partial charge in [-0.25, -0.2) is 0 Å². The molecule has 4 heteroatoms. The second-order valence-corrected chi connectivity index (χ2v) is 5.07. The molecule has 2 rings (SSSR count). The van der Waals surface area contributed by atoms with E-state index in [-0.39, 0.29) is 17.9 Å². The Hall–Kier alpha value is -1.55. The van der Waals surface area contributed by atoms with Gasteiger partial charge < -0.3 is 15.6 Å². The highest BCUT2D eigenvalue weighted by Gasteiger charge is 2.48. The molecule has 0 aliphatic heterocycles. The van der Waals surface area contributed by atoms with Crippen molar-refractivity contribution in [1.29, 1.82) is 0 Å². The Kier molecular flexibility index (Phi) is 3.30. The minimum absolute atomic E-state index is 0.0257. The molecule has 1 aromatic carbocycles. The van der Waals surface area contributed by atoms with Crippen LogP contribution in [0.5, 0.6) is 5.75 Å². The average Bonchev–Trinajstić information content (AvgIpc) is 3.06. The first-order chi connectivity index (χ1) is 8.45. The summed E-state index contributed by atoms with van der Waals surface area (Å²) in [5.74, 6) is -0.265. The second kappa shape index (κ2) is 4.61. The van der Waals surface area contributed by atoms with E-state index in [0.29, 0.717) is 6.42 Å². The van der Waals surface area contributed by atoms with Crippen molar-refractivity contribution in [1.82, 2.24) is 0 Å². The normalized spacial score (nSPS) is 23.6. The molecular formula is C14H19NO3. The lowest BCUT2D eigenvalue weighted by Gasteiger charge is -2.19. The van der Waals surface area contributed by atoms with Crippen LogP contribution in [0.25, 0.3) is 0 Å². The van der Waals surface area contributed by atoms with E-state index in [2.05, 4.69) is 6.07 Å². The summed E-state index contributed by atoms with van der Waals surface area (Å²) in [5.41, 5.74) is 9.34. The number of carboxylic acid groups (broad SMARTS) is 1. The zero-order valence-electron chi connectivity index (χ0n) is 10.9. The SMILES string of the molecule is COc1cc(C)cc(C)c1C(N)C1CC1C(=O)O. The fourth-order valence-corrected chi connectivity index (χ4v) is 2.65. The van der Waals surface area contributed by atoms with Gasteiger partial charge in [-0.1, -0.05) is 6.07 Å². The fraction of sp³-hybridized carbons (Fsp3) is 0.500. The highest BCUT2D eigenvalue weighted by atomic mass is 16.5. The van der Waals surface area contributed by atoms with Crippen LogP contribution in [0.3, 0.4) is 0 Å². The largest absolute Gasteiger partial charge is 0.496 e. The molecule has 0 heterocycles. The smallest absolute Gasteiger partial charge is 0.306 e. The van der Waals surface area contributed by atoms with E-state index in [0.717, 1.165) is 22.4 Å². The number of hydrogen-bond donors (Lipinski definition) is 2. The average molecular weight is 249 g/mol. The zero-order chi connectivity index (χ0) is 13.4. The van der Waals surface area contributed by atoms with E-state index in [1.807, 2.05) is 19.9 Å². The van der Waals surface area contributed by atoms with Crippen molar-refractivity contribution >= 4 is 5.97 Å². The van der Waals surface area contributed by atoms with Crippen molar-refractivity contribution in [2.24, 2.45) is 17.6 Å². The minimum atomic E-state index is -0.751. The summed E-state index contributed by atoms with van der Waals surface area (Å²) in [6.07, 6.45) is 0.660. The number of carboxylic acids is 1. The molecule has 1 fully saturated rings. The van der Waals surface area contributed by atoms with Gasteiger partial charge in [0, 0.05) is 11.6 Å². The number of nitrogens with two attached hydrogens (primary N) is 1. The molecule has 0 radical (unpaired) electrons. The summed E-state index contributed by atoms with van der Waals surface area (Å²) in [6.45, 7) is 3.99. The van der Waals surface area contributed by atoms with Crippen molar-refractivity contribution in [3.8, 4) is 5.75 Å². The Balaban J connectivity index is 2.31. The standard InChI is InChI=1S/C14H19NO3/c1-7-4-8(2)12(11(5-7)18-3)13(15)9-6-10(9)14(16)17/h4-5,9-10,13H,6,15H2,1-3H3,(H,16,17). The van der Waals surface area contributed by atoms with Gasteiger partial charge in [0.2, 0.25) is 0 Å². The predicted molar refractivity (Wildman–Crippen MR) is 68.6 cm³/mol. The van der Waals surface area contributed by atoms with Gasteiger partial charge in [0.25, 0.3) is 0 Å². The number of hydrogen-bond acceptors (Lipinski definition) is 3. The molecule has 0 spiro atoms. The topological polar surface area (TPSA) is 72.5 Å². The van der Waals surface area contributed by atoms with Crippen molar-refractivity contribution in [3.05, 3.63) is 28.8 Å². The van der Waals surface area contributed by atoms with Crippen LogP contribution < -0.4 is 10.5 Å². The van der Waals surface area contributed by atoms with Crippen LogP contribution in [0.1, 0.15) is 29.2 Å². The molecule has 1 aliphatic carbocycles. The van der Waals surface area contributed by atoms with Crippen LogP contribution in [0.4, 0.5) is 0 Å². The Morgan fingerprint density at radius 2 is 2.17 bits per heavy atom. The first-order valence-electron chi connectivity index (χ1n) is 6.09. The van der Waals surface area contributed by atoms with Crippen molar-refractivity contribution in [2.45, 2.75) is 26.3 Å². The van der Waals surface area contributed by atoms with E-state index in [9.17, 15) is 4.79 Å². The molecule has 0 saturated heterocycles. The third kappa shape index (κ3) is 2.20. The molecule has 98 valence electrons. The molecule has 1 aliphatic rings. The van der Waals surface area contributed by atoms with Gasteiger partial charge in [-0.3, -0.25) is 4.79 Å². The maximum Gasteiger partial charge on any atom is 0.306 e. The van der Waals surface area contributed by atoms with Crippen LogP contribution in [0.2, 0.25) is 0 Å². The maximum atomic E-state index is 10.9. The monoisotopic (exact) mass is 249 g/mol. The molecule has 3 unspecified atom stereocenters. The van der Waals surface area contributed by atoms with Crippen LogP contribution in [-0.4, -0.2) is 18.2 Å². The summed E-state index contributed by atoms with van der Waals surface area (Å²) >= 11 is 0. The number of rotatable bonds is 4. The Morgan fingerprint density at radius 1 is 1.50 bits per heavy atom. The summed E-state index contributed by atoms with van der Waals surface area (Å²) in [7, 11) is 1.62. The summed E-state index contributed by atoms with van der Waals surface area (Å²) < 4.78 is 5.37. The van der Waals surface area contributed by atoms with Crippen molar-refractivity contribution < 1.29 is 14.6 Å². The van der Waals surface area contributed by atoms with E-state index >= 15 is 0 Å². The van der Waals surface area contributed by atoms with Crippen molar-refractivity contribution in [3.63, 3.8) is 0 Å². The van der Waals surface area contributed by atoms with E-state index in [1.165, 1.54) is 0 Å². The Labute approximate surface area is 107 Å². The van der Waals surface area contributed by atoms with E-state index < -0.39 is 5.97 Å². The first kappa shape index (κ1) is 12.9. The number of aryl methyl sites for hydroxylation is 2. The minimum Gasteiger partial charge on any atom is -0.496 e. The highest BCUT2D eigenvalue weighted by Crippen LogP contribution is 2.48. The second-order valence-electron chi connectivity index (χ2n) is 5.07. The highest BCUT2D eigenvalue weighted by molar-refractivity contribution is 5.73. The number of aliphatic carboxylic acids is 1. The molecule has 1 saturated carbocycles. The van der Waals surface area contributed by atoms with Gasteiger partial charge in [0.15, 0.2) is 0 Å². The van der Waals surface area contributed by atoms with E-state index in [4.69, 9.17) is 15.6 Å². The summed E-state index contributed by atoms with van der Waals surface area (Å²) in [6, 6.07) is 3.73. The molecule has 0 amide bonds. The van der Waals surface area contributed by atoms with Crippen LogP contribution in [-0.2, 0) is 4.79 Å². The molecule has 4 nitrogen and oxygen atoms in total. The molecule has 18 heavy (non-hydrogen) atoms. The summed E-state index contributed by atoms with van der Waals surface area (Å²) in [5, 5.41) is 8.97. The van der Waals surface area contributed by atoms with Gasteiger partial charge >= 0.3 is 5.97 Å². The van der Waals surface area contributed by atoms with Gasteiger partial charge in [-0.15, -0.1) is 0 Å². The molecule has 1 aromatic rings. The van der Waals surface area contributed by atoms with Gasteiger partial charge in [-0.2, -0.15) is 0 Å². The van der Waals surface area contributed by atoms with Crippen LogP contribution in [0, 0.1) is 25.7 Å². The third-order valence-corrected chi connectivity index (χ3v) is 3.66. The van der Waals surface area contributed by atoms with Gasteiger partial charge in [0.05, 0.1) is 13.0 Å². The number of carbonyl (C=O) groups is 1. The Morgan fingerprint density at radius 3 is 2.67 bits per heavy atom. The summed E-state index contributed by atoms with van der Waals surface area (Å²) in [4.78, 5) is 10.9. The van der Waals surface area contributed by atoms with Crippen LogP contribution in [0.15, 0.2) is 12.1 Å². The Bertz CT molecular complexity index is 484. The lowest BCUT2D eigenvalue weighted by Crippen LogP contribution is -2.18. The maximum absolute atomic E-state index is 10.9. The molecular weight excluding hydrogens is 230 g/mol. The predicted octanol–water partition coefficient (Wildman–Crippen LogP) is 2.03. The lowest BCUT2D eigenvalue weighted by atomic mass is 9.94. The molecule has 0 bridgehead atoms. The van der Waals surface area contributed by atoms with Crippen molar-refractivity contribution in [2.75, 3.05) is 7.11 Å². The third-order valence-electron chi connectivity index (χ3n) is 3.66. The van der Waals surface area contributed by atoms with Crippen LogP contribution >= 0.6 is 0 Å². The van der Waals surface area contributed by atoms with E-state index in [1.54, 1.807) is 7.11 Å². The first-order valence-corrected chi connectivity index (χ1v) is 6.09. The zero-order valence-corrected chi connectivity index (χ0v) is 10.9. The number of ether oxygens (including phenoxy) is 1. The number of benzene rings is 1. The number of methoxy groups -OCH3 is 1.